The fraction of sp³-hybridized carbons (Fsp3) is 0.417. The van der Waals surface area contributed by atoms with Crippen LogP contribution in [0, 0.1) is 12.8 Å². The molecule has 9 heteroatoms. The van der Waals surface area contributed by atoms with Crippen molar-refractivity contribution in [3.8, 4) is 0 Å². The lowest BCUT2D eigenvalue weighted by Gasteiger charge is -2.29. The van der Waals surface area contributed by atoms with E-state index in [0.717, 1.165) is 33.5 Å². The van der Waals surface area contributed by atoms with Gasteiger partial charge in [-0.15, -0.1) is 11.8 Å². The monoisotopic (exact) mass is 503 g/mol. The average molecular weight is 504 g/mol. The largest absolute Gasteiger partial charge is 0.316 e. The molecule has 33 heavy (non-hydrogen) atoms. The Morgan fingerprint density at radius 3 is 2.48 bits per heavy atom. The molecule has 0 atom stereocenters. The van der Waals surface area contributed by atoms with E-state index < -0.39 is 10.0 Å². The van der Waals surface area contributed by atoms with Crippen LogP contribution >= 0.6 is 23.1 Å². The third-order valence-electron chi connectivity index (χ3n) is 6.00. The Labute approximate surface area is 203 Å². The average Bonchev–Trinajstić information content (AvgIpc) is 3.15. The number of carbonyl (C=O) groups is 1. The van der Waals surface area contributed by atoms with E-state index in [0.29, 0.717) is 30.8 Å². The second-order valence-corrected chi connectivity index (χ2v) is 12.1. The molecule has 0 N–H and O–H groups in total. The Morgan fingerprint density at radius 2 is 1.85 bits per heavy atom. The summed E-state index contributed by atoms with van der Waals surface area (Å²) in [6.07, 6.45) is 3.98. The van der Waals surface area contributed by atoms with Crippen molar-refractivity contribution in [2.75, 3.05) is 19.3 Å². The fourth-order valence-electron chi connectivity index (χ4n) is 4.09. The zero-order valence-corrected chi connectivity index (χ0v) is 21.6. The molecular weight excluding hydrogens is 474 g/mol. The van der Waals surface area contributed by atoms with Crippen LogP contribution in [0.5, 0.6) is 0 Å². The SMILES string of the molecule is CCCn1c(=NC(=O)C2CCN(S(=O)(=O)c3ccc(C)cc3)CC2)sc2cc(SC)ccc21. The van der Waals surface area contributed by atoms with Gasteiger partial charge in [-0.25, -0.2) is 8.42 Å². The molecule has 0 spiro atoms. The molecule has 0 radical (unpaired) electrons. The van der Waals surface area contributed by atoms with E-state index in [-0.39, 0.29) is 11.8 Å². The summed E-state index contributed by atoms with van der Waals surface area (Å²) in [7, 11) is -3.54. The van der Waals surface area contributed by atoms with Gasteiger partial charge in [-0.2, -0.15) is 9.30 Å². The first-order valence-corrected chi connectivity index (χ1v) is 14.6. The number of carbonyl (C=O) groups excluding carboxylic acids is 1. The number of hydrogen-bond donors (Lipinski definition) is 0. The van der Waals surface area contributed by atoms with Crippen molar-refractivity contribution in [2.24, 2.45) is 10.9 Å². The Kier molecular flexibility index (Phi) is 7.43. The Hall–Kier alpha value is -1.94. The van der Waals surface area contributed by atoms with Crippen molar-refractivity contribution in [2.45, 2.75) is 49.4 Å². The normalized spacial score (nSPS) is 16.5. The highest BCUT2D eigenvalue weighted by Crippen LogP contribution is 2.26. The molecule has 2 aromatic carbocycles. The Bertz CT molecular complexity index is 1320. The molecule has 1 aliphatic heterocycles. The summed E-state index contributed by atoms with van der Waals surface area (Å²) < 4.78 is 30.6. The van der Waals surface area contributed by atoms with Crippen LogP contribution in [0.3, 0.4) is 0 Å². The predicted octanol–water partition coefficient (Wildman–Crippen LogP) is 4.67. The number of aryl methyl sites for hydroxylation is 2. The summed E-state index contributed by atoms with van der Waals surface area (Å²) >= 11 is 3.24. The molecule has 1 aromatic heterocycles. The van der Waals surface area contributed by atoms with Crippen LogP contribution in [0.15, 0.2) is 57.2 Å². The molecule has 1 saturated heterocycles. The summed E-state index contributed by atoms with van der Waals surface area (Å²) in [5.41, 5.74) is 2.12. The summed E-state index contributed by atoms with van der Waals surface area (Å²) in [4.78, 5) is 19.8. The van der Waals surface area contributed by atoms with Crippen molar-refractivity contribution in [1.29, 1.82) is 0 Å². The zero-order chi connectivity index (χ0) is 23.6. The Balaban J connectivity index is 1.53. The molecule has 0 aliphatic carbocycles. The minimum absolute atomic E-state index is 0.149. The molecular formula is C24H29N3O3S3. The minimum atomic E-state index is -3.54. The fourth-order valence-corrected chi connectivity index (χ4v) is 7.18. The van der Waals surface area contributed by atoms with E-state index in [1.54, 1.807) is 47.4 Å². The lowest BCUT2D eigenvalue weighted by atomic mass is 9.98. The van der Waals surface area contributed by atoms with Gasteiger partial charge in [0.25, 0.3) is 5.91 Å². The molecule has 0 saturated carbocycles. The highest BCUT2D eigenvalue weighted by molar-refractivity contribution is 7.98. The highest BCUT2D eigenvalue weighted by Gasteiger charge is 2.32. The number of aromatic nitrogens is 1. The number of benzene rings is 2. The van der Waals surface area contributed by atoms with Crippen LogP contribution in [0.1, 0.15) is 31.7 Å². The van der Waals surface area contributed by atoms with Gasteiger partial charge in [0.15, 0.2) is 4.80 Å². The van der Waals surface area contributed by atoms with Crippen LogP contribution in [-0.4, -0.2) is 42.5 Å². The summed E-state index contributed by atoms with van der Waals surface area (Å²) in [6, 6.07) is 13.3. The second kappa shape index (κ2) is 10.1. The van der Waals surface area contributed by atoms with E-state index in [1.165, 1.54) is 9.20 Å². The van der Waals surface area contributed by atoms with Crippen molar-refractivity contribution in [3.05, 3.63) is 52.8 Å². The number of amides is 1. The van der Waals surface area contributed by atoms with Crippen molar-refractivity contribution >= 4 is 49.2 Å². The van der Waals surface area contributed by atoms with Gasteiger partial charge < -0.3 is 4.57 Å². The lowest BCUT2D eigenvalue weighted by molar-refractivity contribution is -0.122. The van der Waals surface area contributed by atoms with Gasteiger partial charge in [0.05, 0.1) is 15.1 Å². The van der Waals surface area contributed by atoms with Gasteiger partial charge in [0, 0.05) is 30.4 Å². The highest BCUT2D eigenvalue weighted by atomic mass is 32.2. The third-order valence-corrected chi connectivity index (χ3v) is 9.68. The van der Waals surface area contributed by atoms with Crippen LogP contribution < -0.4 is 4.80 Å². The van der Waals surface area contributed by atoms with Gasteiger partial charge in [0.1, 0.15) is 0 Å². The maximum Gasteiger partial charge on any atom is 0.251 e. The quantitative estimate of drug-likeness (QED) is 0.458. The summed E-state index contributed by atoms with van der Waals surface area (Å²) in [5, 5.41) is 0. The number of thioether (sulfide) groups is 1. The third kappa shape index (κ3) is 5.11. The molecule has 1 fully saturated rings. The number of piperidine rings is 1. The molecule has 4 rings (SSSR count). The van der Waals surface area contributed by atoms with Crippen molar-refractivity contribution < 1.29 is 13.2 Å². The molecule has 1 aliphatic rings. The van der Waals surface area contributed by atoms with Gasteiger partial charge >= 0.3 is 0 Å². The summed E-state index contributed by atoms with van der Waals surface area (Å²) in [5.74, 6) is -0.402. The maximum atomic E-state index is 13.0. The Morgan fingerprint density at radius 1 is 1.15 bits per heavy atom. The zero-order valence-electron chi connectivity index (χ0n) is 19.2. The molecule has 6 nitrogen and oxygen atoms in total. The standard InChI is InChI=1S/C24H29N3O3S3/c1-4-13-27-21-10-7-19(31-3)16-22(21)32-24(27)25-23(28)18-11-14-26(15-12-18)33(29,30)20-8-5-17(2)6-9-20/h5-10,16,18H,4,11-15H2,1-3H3. The van der Waals surface area contributed by atoms with Crippen LogP contribution in [-0.2, 0) is 21.4 Å². The van der Waals surface area contributed by atoms with E-state index in [1.807, 2.05) is 6.92 Å². The number of rotatable bonds is 6. The number of thiazole rings is 1. The first kappa shape index (κ1) is 24.2. The predicted molar refractivity (Wildman–Crippen MR) is 135 cm³/mol. The van der Waals surface area contributed by atoms with Crippen LogP contribution in [0.4, 0.5) is 0 Å². The van der Waals surface area contributed by atoms with E-state index >= 15 is 0 Å². The van der Waals surface area contributed by atoms with Gasteiger partial charge in [-0.05, 0) is 62.8 Å². The topological polar surface area (TPSA) is 71.7 Å². The van der Waals surface area contributed by atoms with E-state index in [9.17, 15) is 13.2 Å². The molecule has 2 heterocycles. The van der Waals surface area contributed by atoms with Crippen LogP contribution in [0.25, 0.3) is 10.2 Å². The van der Waals surface area contributed by atoms with Gasteiger partial charge in [0.2, 0.25) is 10.0 Å². The number of hydrogen-bond acceptors (Lipinski definition) is 5. The van der Waals surface area contributed by atoms with E-state index in [4.69, 9.17) is 0 Å². The number of fused-ring (bicyclic) bond motifs is 1. The van der Waals surface area contributed by atoms with E-state index in [2.05, 4.69) is 40.9 Å². The maximum absolute atomic E-state index is 13.0. The minimum Gasteiger partial charge on any atom is -0.316 e. The molecule has 0 unspecified atom stereocenters. The first-order chi connectivity index (χ1) is 15.8. The number of sulfonamides is 1. The van der Waals surface area contributed by atoms with Crippen LogP contribution in [0.2, 0.25) is 0 Å². The second-order valence-electron chi connectivity index (χ2n) is 8.31. The lowest BCUT2D eigenvalue weighted by Crippen LogP contribution is -2.40. The molecule has 0 bridgehead atoms. The van der Waals surface area contributed by atoms with Gasteiger partial charge in [-0.1, -0.05) is 36.0 Å². The molecule has 176 valence electrons. The van der Waals surface area contributed by atoms with Gasteiger partial charge in [-0.3, -0.25) is 4.79 Å². The molecule has 1 amide bonds. The first-order valence-electron chi connectivity index (χ1n) is 11.2. The van der Waals surface area contributed by atoms with Crippen molar-refractivity contribution in [1.82, 2.24) is 8.87 Å². The van der Waals surface area contributed by atoms with Crippen molar-refractivity contribution in [3.63, 3.8) is 0 Å². The summed E-state index contributed by atoms with van der Waals surface area (Å²) in [6.45, 7) is 5.52. The number of nitrogens with zero attached hydrogens (tertiary/aromatic N) is 3. The molecule has 3 aromatic rings. The smallest absolute Gasteiger partial charge is 0.251 e.